The molecule has 0 radical (unpaired) electrons. The molecule has 0 aromatic rings. The lowest BCUT2D eigenvalue weighted by Gasteiger charge is -2.38. The van der Waals surface area contributed by atoms with Crippen LogP contribution in [0.25, 0.3) is 0 Å². The third-order valence-corrected chi connectivity index (χ3v) is 3.65. The Morgan fingerprint density at radius 3 is 2.92 bits per heavy atom. The molecule has 3 unspecified atom stereocenters. The van der Waals surface area contributed by atoms with Crippen LogP contribution in [-0.2, 0) is 4.79 Å². The first-order chi connectivity index (χ1) is 5.79. The standard InChI is InChI=1S/C9H14ClNO/c10-8-7-4-2-1-3-6(7)5-11-9(8)12/h6-8H,1-5H2,(H,11,12). The van der Waals surface area contributed by atoms with Gasteiger partial charge in [-0.1, -0.05) is 12.8 Å². The number of amides is 1. The van der Waals surface area contributed by atoms with E-state index in [1.807, 2.05) is 0 Å². The summed E-state index contributed by atoms with van der Waals surface area (Å²) in [6.07, 6.45) is 4.94. The Balaban J connectivity index is 2.08. The Morgan fingerprint density at radius 2 is 2.08 bits per heavy atom. The number of carbonyl (C=O) groups excluding carboxylic acids is 1. The quantitative estimate of drug-likeness (QED) is 0.573. The van der Waals surface area contributed by atoms with Crippen LogP contribution in [0.3, 0.4) is 0 Å². The molecule has 3 atom stereocenters. The minimum atomic E-state index is -0.260. The molecule has 1 aliphatic heterocycles. The van der Waals surface area contributed by atoms with Gasteiger partial charge in [0.25, 0.3) is 0 Å². The SMILES string of the molecule is O=C1NCC2CCCCC2C1Cl. The van der Waals surface area contributed by atoms with Gasteiger partial charge < -0.3 is 5.32 Å². The predicted octanol–water partition coefficient (Wildman–Crippen LogP) is 1.53. The van der Waals surface area contributed by atoms with Crippen LogP contribution in [0.2, 0.25) is 0 Å². The van der Waals surface area contributed by atoms with Crippen LogP contribution in [0.4, 0.5) is 0 Å². The van der Waals surface area contributed by atoms with Gasteiger partial charge in [-0.05, 0) is 24.7 Å². The van der Waals surface area contributed by atoms with Gasteiger partial charge in [-0.25, -0.2) is 0 Å². The zero-order valence-electron chi connectivity index (χ0n) is 7.05. The molecular formula is C9H14ClNO. The van der Waals surface area contributed by atoms with Crippen molar-refractivity contribution < 1.29 is 4.79 Å². The summed E-state index contributed by atoms with van der Waals surface area (Å²) < 4.78 is 0. The van der Waals surface area contributed by atoms with Crippen molar-refractivity contribution in [3.63, 3.8) is 0 Å². The number of hydrogen-bond donors (Lipinski definition) is 1. The summed E-state index contributed by atoms with van der Waals surface area (Å²) in [6.45, 7) is 0.854. The molecule has 2 fully saturated rings. The van der Waals surface area contributed by atoms with Crippen LogP contribution in [-0.4, -0.2) is 17.8 Å². The average Bonchev–Trinajstić information content (AvgIpc) is 2.12. The number of fused-ring (bicyclic) bond motifs is 1. The number of alkyl halides is 1. The zero-order valence-corrected chi connectivity index (χ0v) is 7.81. The van der Waals surface area contributed by atoms with E-state index in [4.69, 9.17) is 11.6 Å². The van der Waals surface area contributed by atoms with Crippen LogP contribution < -0.4 is 5.32 Å². The van der Waals surface area contributed by atoms with E-state index >= 15 is 0 Å². The van der Waals surface area contributed by atoms with Crippen LogP contribution >= 0.6 is 11.6 Å². The van der Waals surface area contributed by atoms with Gasteiger partial charge in [0.2, 0.25) is 5.91 Å². The molecule has 3 heteroatoms. The molecule has 0 bridgehead atoms. The molecule has 0 aromatic carbocycles. The Kier molecular flexibility index (Phi) is 2.26. The third-order valence-electron chi connectivity index (χ3n) is 3.13. The highest BCUT2D eigenvalue weighted by atomic mass is 35.5. The van der Waals surface area contributed by atoms with Gasteiger partial charge in [0.15, 0.2) is 0 Å². The van der Waals surface area contributed by atoms with Gasteiger partial charge in [0.05, 0.1) is 0 Å². The fourth-order valence-corrected chi connectivity index (χ4v) is 2.81. The molecule has 0 spiro atoms. The molecule has 1 aliphatic carbocycles. The summed E-state index contributed by atoms with van der Waals surface area (Å²) in [7, 11) is 0. The fourth-order valence-electron chi connectivity index (χ4n) is 2.40. The molecule has 1 amide bonds. The smallest absolute Gasteiger partial charge is 0.238 e. The van der Waals surface area contributed by atoms with Crippen molar-refractivity contribution in [2.24, 2.45) is 11.8 Å². The van der Waals surface area contributed by atoms with E-state index in [0.29, 0.717) is 11.8 Å². The van der Waals surface area contributed by atoms with Crippen molar-refractivity contribution in [2.45, 2.75) is 31.1 Å². The van der Waals surface area contributed by atoms with E-state index in [0.717, 1.165) is 13.0 Å². The lowest BCUT2D eigenvalue weighted by molar-refractivity contribution is -0.124. The van der Waals surface area contributed by atoms with Gasteiger partial charge in [-0.3, -0.25) is 4.79 Å². The average molecular weight is 188 g/mol. The van der Waals surface area contributed by atoms with Crippen LogP contribution in [0, 0.1) is 11.8 Å². The maximum absolute atomic E-state index is 11.2. The summed E-state index contributed by atoms with van der Waals surface area (Å²) in [6, 6.07) is 0. The van der Waals surface area contributed by atoms with Crippen LogP contribution in [0.15, 0.2) is 0 Å². The molecule has 2 aliphatic rings. The number of hydrogen-bond acceptors (Lipinski definition) is 1. The van der Waals surface area contributed by atoms with Crippen molar-refractivity contribution in [2.75, 3.05) is 6.54 Å². The maximum atomic E-state index is 11.2. The maximum Gasteiger partial charge on any atom is 0.238 e. The van der Waals surface area contributed by atoms with Gasteiger partial charge in [0, 0.05) is 6.54 Å². The summed E-state index contributed by atoms with van der Waals surface area (Å²) in [5.41, 5.74) is 0. The van der Waals surface area contributed by atoms with Gasteiger partial charge in [0.1, 0.15) is 5.38 Å². The highest BCUT2D eigenvalue weighted by molar-refractivity contribution is 6.31. The number of halogens is 1. The van der Waals surface area contributed by atoms with E-state index in [2.05, 4.69) is 5.32 Å². The summed E-state index contributed by atoms with van der Waals surface area (Å²) in [5, 5.41) is 2.60. The molecule has 1 heterocycles. The second-order valence-corrected chi connectivity index (χ2v) is 4.33. The Morgan fingerprint density at radius 1 is 1.33 bits per heavy atom. The molecule has 1 saturated carbocycles. The normalized spacial score (nSPS) is 41.8. The molecule has 2 nitrogen and oxygen atoms in total. The van der Waals surface area contributed by atoms with Crippen LogP contribution in [0.5, 0.6) is 0 Å². The molecule has 1 saturated heterocycles. The van der Waals surface area contributed by atoms with Crippen molar-refractivity contribution in [3.8, 4) is 0 Å². The largest absolute Gasteiger partial charge is 0.355 e. The van der Waals surface area contributed by atoms with Crippen LogP contribution in [0.1, 0.15) is 25.7 Å². The predicted molar refractivity (Wildman–Crippen MR) is 48.1 cm³/mol. The molecule has 68 valence electrons. The molecule has 12 heavy (non-hydrogen) atoms. The Bertz CT molecular complexity index is 195. The lowest BCUT2D eigenvalue weighted by Crippen LogP contribution is -2.49. The Hall–Kier alpha value is -0.240. The van der Waals surface area contributed by atoms with Crippen molar-refractivity contribution in [3.05, 3.63) is 0 Å². The fraction of sp³-hybridized carbons (Fsp3) is 0.889. The highest BCUT2D eigenvalue weighted by Gasteiger charge is 2.38. The van der Waals surface area contributed by atoms with E-state index < -0.39 is 0 Å². The Labute approximate surface area is 77.7 Å². The first-order valence-electron chi connectivity index (χ1n) is 4.71. The minimum Gasteiger partial charge on any atom is -0.355 e. The molecule has 1 N–H and O–H groups in total. The minimum absolute atomic E-state index is 0.0415. The molecule has 0 aromatic heterocycles. The van der Waals surface area contributed by atoms with Crippen molar-refractivity contribution in [1.29, 1.82) is 0 Å². The summed E-state index contributed by atoms with van der Waals surface area (Å²) in [4.78, 5) is 11.2. The number of carbonyl (C=O) groups is 1. The van der Waals surface area contributed by atoms with E-state index in [-0.39, 0.29) is 11.3 Å². The third kappa shape index (κ3) is 1.33. The molecule has 2 rings (SSSR count). The first-order valence-corrected chi connectivity index (χ1v) is 5.14. The van der Waals surface area contributed by atoms with E-state index in [9.17, 15) is 4.79 Å². The topological polar surface area (TPSA) is 29.1 Å². The summed E-state index contributed by atoms with van der Waals surface area (Å²) >= 11 is 6.03. The van der Waals surface area contributed by atoms with E-state index in [1.165, 1.54) is 19.3 Å². The van der Waals surface area contributed by atoms with Gasteiger partial charge in [-0.15, -0.1) is 11.6 Å². The van der Waals surface area contributed by atoms with Crippen molar-refractivity contribution in [1.82, 2.24) is 5.32 Å². The number of nitrogens with one attached hydrogen (secondary N) is 1. The van der Waals surface area contributed by atoms with Crippen molar-refractivity contribution >= 4 is 17.5 Å². The lowest BCUT2D eigenvalue weighted by atomic mass is 9.75. The summed E-state index contributed by atoms with van der Waals surface area (Å²) in [5.74, 6) is 1.15. The highest BCUT2D eigenvalue weighted by Crippen LogP contribution is 2.36. The number of piperidine rings is 1. The zero-order chi connectivity index (χ0) is 8.55. The first kappa shape index (κ1) is 8.36. The molecular weight excluding hydrogens is 174 g/mol. The monoisotopic (exact) mass is 187 g/mol. The van der Waals surface area contributed by atoms with Gasteiger partial charge in [-0.2, -0.15) is 0 Å². The number of rotatable bonds is 0. The second-order valence-electron chi connectivity index (χ2n) is 3.86. The second kappa shape index (κ2) is 3.25. The van der Waals surface area contributed by atoms with E-state index in [1.54, 1.807) is 0 Å². The van der Waals surface area contributed by atoms with Gasteiger partial charge >= 0.3 is 0 Å².